The first-order valence-corrected chi connectivity index (χ1v) is 9.37. The Balaban J connectivity index is 1.49. The van der Waals surface area contributed by atoms with Crippen molar-refractivity contribution in [3.05, 3.63) is 77.4 Å². The molecule has 0 spiro atoms. The number of hydrogen-bond donors (Lipinski definition) is 1. The van der Waals surface area contributed by atoms with E-state index in [0.29, 0.717) is 6.42 Å². The number of carbonyl (C=O) groups is 1. The van der Waals surface area contributed by atoms with E-state index in [2.05, 4.69) is 16.4 Å². The first-order chi connectivity index (χ1) is 13.2. The molecule has 0 aliphatic carbocycles. The molecule has 2 aromatic heterocycles. The highest BCUT2D eigenvalue weighted by Crippen LogP contribution is 2.24. The van der Waals surface area contributed by atoms with Crippen molar-refractivity contribution in [3.8, 4) is 17.3 Å². The van der Waals surface area contributed by atoms with Crippen LogP contribution in [0.3, 0.4) is 0 Å². The van der Waals surface area contributed by atoms with Crippen LogP contribution in [0.4, 0.5) is 5.69 Å². The van der Waals surface area contributed by atoms with E-state index in [1.54, 1.807) is 0 Å². The zero-order chi connectivity index (χ0) is 18.6. The lowest BCUT2D eigenvalue weighted by atomic mass is 10.1. The summed E-state index contributed by atoms with van der Waals surface area (Å²) in [6.07, 6.45) is 2.61. The number of amides is 1. The fourth-order valence-corrected chi connectivity index (χ4v) is 3.74. The SMILES string of the molecule is N#CCc1ccc(NC(=O)Cc2csc3nc(-c4ccccc4)cn23)cc1. The summed E-state index contributed by atoms with van der Waals surface area (Å²) >= 11 is 1.53. The number of rotatable bonds is 5. The van der Waals surface area contributed by atoms with Crippen LogP contribution in [0.1, 0.15) is 11.3 Å². The van der Waals surface area contributed by atoms with Crippen molar-refractivity contribution >= 4 is 27.9 Å². The average Bonchev–Trinajstić information content (AvgIpc) is 3.26. The van der Waals surface area contributed by atoms with Gasteiger partial charge in [0, 0.05) is 28.5 Å². The van der Waals surface area contributed by atoms with Crippen LogP contribution in [0, 0.1) is 11.3 Å². The van der Waals surface area contributed by atoms with Gasteiger partial charge in [0.05, 0.1) is 24.6 Å². The maximum absolute atomic E-state index is 12.4. The quantitative estimate of drug-likeness (QED) is 0.567. The summed E-state index contributed by atoms with van der Waals surface area (Å²) in [5.74, 6) is -0.0855. The standard InChI is InChI=1S/C21H16N4OS/c22-11-10-15-6-8-17(9-7-15)23-20(26)12-18-14-27-21-24-19(13-25(18)21)16-4-2-1-3-5-16/h1-9,13-14H,10,12H2,(H,23,26). The van der Waals surface area contributed by atoms with E-state index in [0.717, 1.165) is 33.2 Å². The van der Waals surface area contributed by atoms with Crippen LogP contribution in [0.2, 0.25) is 0 Å². The molecule has 27 heavy (non-hydrogen) atoms. The first-order valence-electron chi connectivity index (χ1n) is 8.49. The van der Waals surface area contributed by atoms with Crippen LogP contribution >= 0.6 is 11.3 Å². The van der Waals surface area contributed by atoms with Gasteiger partial charge in [-0.25, -0.2) is 4.98 Å². The molecule has 5 nitrogen and oxygen atoms in total. The second kappa shape index (κ2) is 7.44. The Labute approximate surface area is 160 Å². The van der Waals surface area contributed by atoms with Gasteiger partial charge in [0.1, 0.15) is 0 Å². The fourth-order valence-electron chi connectivity index (χ4n) is 2.87. The van der Waals surface area contributed by atoms with Gasteiger partial charge < -0.3 is 5.32 Å². The Morgan fingerprint density at radius 3 is 2.67 bits per heavy atom. The van der Waals surface area contributed by atoms with Gasteiger partial charge in [-0.05, 0) is 17.7 Å². The molecule has 0 saturated heterocycles. The molecule has 4 aromatic rings. The summed E-state index contributed by atoms with van der Waals surface area (Å²) in [6, 6.07) is 19.4. The maximum atomic E-state index is 12.4. The minimum Gasteiger partial charge on any atom is -0.326 e. The Morgan fingerprint density at radius 1 is 1.15 bits per heavy atom. The zero-order valence-electron chi connectivity index (χ0n) is 14.4. The van der Waals surface area contributed by atoms with E-state index >= 15 is 0 Å². The van der Waals surface area contributed by atoms with Crippen molar-refractivity contribution in [1.82, 2.24) is 9.38 Å². The van der Waals surface area contributed by atoms with Crippen molar-refractivity contribution in [2.45, 2.75) is 12.8 Å². The van der Waals surface area contributed by atoms with Gasteiger partial charge >= 0.3 is 0 Å². The molecular formula is C21H16N4OS. The number of thiazole rings is 1. The van der Waals surface area contributed by atoms with Gasteiger partial charge in [0.2, 0.25) is 5.91 Å². The highest BCUT2D eigenvalue weighted by molar-refractivity contribution is 7.15. The lowest BCUT2D eigenvalue weighted by molar-refractivity contribution is -0.115. The minimum absolute atomic E-state index is 0.0855. The van der Waals surface area contributed by atoms with Gasteiger partial charge in [-0.2, -0.15) is 5.26 Å². The Bertz CT molecular complexity index is 1120. The van der Waals surface area contributed by atoms with E-state index in [-0.39, 0.29) is 12.3 Å². The number of aromatic nitrogens is 2. The molecule has 0 saturated carbocycles. The first kappa shape index (κ1) is 17.0. The summed E-state index contributed by atoms with van der Waals surface area (Å²) in [6.45, 7) is 0. The van der Waals surface area contributed by atoms with Crippen LogP contribution in [0.15, 0.2) is 66.2 Å². The summed E-state index contributed by atoms with van der Waals surface area (Å²) in [5, 5.41) is 13.6. The number of hydrogen-bond acceptors (Lipinski definition) is 4. The van der Waals surface area contributed by atoms with Gasteiger partial charge in [-0.15, -0.1) is 11.3 Å². The largest absolute Gasteiger partial charge is 0.326 e. The minimum atomic E-state index is -0.0855. The monoisotopic (exact) mass is 372 g/mol. The van der Waals surface area contributed by atoms with Crippen LogP contribution in [0.25, 0.3) is 16.2 Å². The summed E-state index contributed by atoms with van der Waals surface area (Å²) in [7, 11) is 0. The third-order valence-corrected chi connectivity index (χ3v) is 5.10. The van der Waals surface area contributed by atoms with Crippen molar-refractivity contribution in [1.29, 1.82) is 5.26 Å². The molecule has 1 amide bonds. The number of fused-ring (bicyclic) bond motifs is 1. The van der Waals surface area contributed by atoms with Crippen molar-refractivity contribution in [2.75, 3.05) is 5.32 Å². The molecule has 0 aliphatic rings. The molecule has 4 rings (SSSR count). The maximum Gasteiger partial charge on any atom is 0.230 e. The molecule has 6 heteroatoms. The number of nitrogens with zero attached hydrogens (tertiary/aromatic N) is 3. The summed E-state index contributed by atoms with van der Waals surface area (Å²) < 4.78 is 1.97. The fraction of sp³-hybridized carbons (Fsp3) is 0.0952. The Morgan fingerprint density at radius 2 is 1.93 bits per heavy atom. The highest BCUT2D eigenvalue weighted by atomic mass is 32.1. The topological polar surface area (TPSA) is 70.2 Å². The van der Waals surface area contributed by atoms with Crippen LogP contribution in [-0.2, 0) is 17.6 Å². The van der Waals surface area contributed by atoms with Crippen LogP contribution in [-0.4, -0.2) is 15.3 Å². The molecule has 1 N–H and O–H groups in total. The molecule has 132 valence electrons. The van der Waals surface area contributed by atoms with E-state index in [9.17, 15) is 4.79 Å². The second-order valence-electron chi connectivity index (χ2n) is 6.13. The number of anilines is 1. The number of carbonyl (C=O) groups excluding carboxylic acids is 1. The number of nitriles is 1. The third-order valence-electron chi connectivity index (χ3n) is 4.22. The van der Waals surface area contributed by atoms with E-state index < -0.39 is 0 Å². The lowest BCUT2D eigenvalue weighted by Gasteiger charge is -2.05. The van der Waals surface area contributed by atoms with E-state index in [4.69, 9.17) is 5.26 Å². The normalized spacial score (nSPS) is 10.6. The third kappa shape index (κ3) is 3.73. The number of benzene rings is 2. The van der Waals surface area contributed by atoms with Crippen LogP contribution in [0.5, 0.6) is 0 Å². The molecule has 0 radical (unpaired) electrons. The number of imidazole rings is 1. The Kier molecular flexibility index (Phi) is 4.69. The van der Waals surface area contributed by atoms with Gasteiger partial charge in [0.15, 0.2) is 4.96 Å². The highest BCUT2D eigenvalue weighted by Gasteiger charge is 2.12. The lowest BCUT2D eigenvalue weighted by Crippen LogP contribution is -2.15. The molecule has 0 aliphatic heterocycles. The molecule has 0 bridgehead atoms. The van der Waals surface area contributed by atoms with Gasteiger partial charge in [-0.1, -0.05) is 42.5 Å². The van der Waals surface area contributed by atoms with Crippen molar-refractivity contribution in [3.63, 3.8) is 0 Å². The summed E-state index contributed by atoms with van der Waals surface area (Å²) in [4.78, 5) is 17.9. The smallest absolute Gasteiger partial charge is 0.230 e. The van der Waals surface area contributed by atoms with E-state index in [1.165, 1.54) is 11.3 Å². The van der Waals surface area contributed by atoms with Gasteiger partial charge in [0.25, 0.3) is 0 Å². The number of nitrogens with one attached hydrogen (secondary N) is 1. The zero-order valence-corrected chi connectivity index (χ0v) is 15.2. The predicted octanol–water partition coefficient (Wildman–Crippen LogP) is 4.31. The predicted molar refractivity (Wildman–Crippen MR) is 107 cm³/mol. The molecule has 2 aromatic carbocycles. The molecule has 0 fully saturated rings. The van der Waals surface area contributed by atoms with Crippen LogP contribution < -0.4 is 5.32 Å². The molecular weight excluding hydrogens is 356 g/mol. The Hall–Kier alpha value is -3.43. The summed E-state index contributed by atoms with van der Waals surface area (Å²) in [5.41, 5.74) is 4.52. The average molecular weight is 372 g/mol. The van der Waals surface area contributed by atoms with E-state index in [1.807, 2.05) is 70.6 Å². The van der Waals surface area contributed by atoms with Crippen molar-refractivity contribution in [2.24, 2.45) is 0 Å². The molecule has 0 atom stereocenters. The second-order valence-corrected chi connectivity index (χ2v) is 6.97. The van der Waals surface area contributed by atoms with Gasteiger partial charge in [-0.3, -0.25) is 9.20 Å². The van der Waals surface area contributed by atoms with Crippen molar-refractivity contribution < 1.29 is 4.79 Å². The molecule has 0 unspecified atom stereocenters. The molecule has 2 heterocycles.